The fraction of sp³-hybridized carbons (Fsp3) is 0.860. The normalized spacial score (nSPS) is 37.5. The summed E-state index contributed by atoms with van der Waals surface area (Å²) in [5, 5.41) is -0.239. The number of Topliss-reactive ketones (excluding diaryl/α,β-unsaturated/α-hetero) is 1. The lowest BCUT2D eigenvalue weighted by Crippen LogP contribution is -2.63. The zero-order valence-corrected chi connectivity index (χ0v) is 38.4. The Hall–Kier alpha value is -0.703. The predicted octanol–water partition coefficient (Wildman–Crippen LogP) is 9.52. The number of rotatable bonds is 8. The molecular weight excluding hydrogens is 753 g/mol. The Morgan fingerprint density at radius 2 is 1.65 bits per heavy atom. The highest BCUT2D eigenvalue weighted by Crippen LogP contribution is 2.58. The number of ketones is 1. The molecule has 9 nitrogen and oxygen atoms in total. The third-order valence-corrected chi connectivity index (χ3v) is 21.6. The average Bonchev–Trinajstić information content (AvgIpc) is 3.66. The summed E-state index contributed by atoms with van der Waals surface area (Å²) < 4.78 is 45.8. The fourth-order valence-corrected chi connectivity index (χ4v) is 18.6. The Bertz CT molecular complexity index is 1460. The molecule has 0 saturated carbocycles. The van der Waals surface area contributed by atoms with Crippen LogP contribution in [0.4, 0.5) is 0 Å². The van der Waals surface area contributed by atoms with E-state index in [0.717, 1.165) is 36.3 Å². The third kappa shape index (κ3) is 8.39. The van der Waals surface area contributed by atoms with Crippen molar-refractivity contribution in [1.82, 2.24) is 0 Å². The second-order valence-electron chi connectivity index (χ2n) is 20.4. The first-order valence-electron chi connectivity index (χ1n) is 20.8. The summed E-state index contributed by atoms with van der Waals surface area (Å²) in [6.07, 6.45) is 7.88. The van der Waals surface area contributed by atoms with Crippen LogP contribution in [0.15, 0.2) is 24.3 Å². The third-order valence-electron chi connectivity index (χ3n) is 12.8. The molecule has 0 aromatic carbocycles. The van der Waals surface area contributed by atoms with Crippen molar-refractivity contribution in [3.63, 3.8) is 0 Å². The fourth-order valence-electron chi connectivity index (χ4n) is 10.0. The molecular formula is C43H70O9S2Si. The highest BCUT2D eigenvalue weighted by Gasteiger charge is 2.63. The summed E-state index contributed by atoms with van der Waals surface area (Å²) in [7, 11) is -2.69. The van der Waals surface area contributed by atoms with E-state index in [1.807, 2.05) is 50.4 Å². The molecule has 0 N–H and O–H groups in total. The Morgan fingerprint density at radius 1 is 0.982 bits per heavy atom. The van der Waals surface area contributed by atoms with Crippen LogP contribution in [0.25, 0.3) is 0 Å². The molecule has 0 radical (unpaired) electrons. The Morgan fingerprint density at radius 3 is 2.29 bits per heavy atom. The van der Waals surface area contributed by atoms with E-state index in [1.54, 1.807) is 0 Å². The minimum atomic E-state index is -2.69. The number of ether oxygens (including phenoxy) is 5. The molecule has 12 heteroatoms. The Balaban J connectivity index is 1.13. The van der Waals surface area contributed by atoms with E-state index in [-0.39, 0.29) is 70.6 Å². The second-order valence-corrected chi connectivity index (χ2v) is 28.1. The molecule has 55 heavy (non-hydrogen) atoms. The van der Waals surface area contributed by atoms with Crippen LogP contribution in [0.2, 0.25) is 10.1 Å². The molecule has 10 atom stereocenters. The molecule has 6 heterocycles. The van der Waals surface area contributed by atoms with Crippen LogP contribution >= 0.6 is 23.5 Å². The van der Waals surface area contributed by atoms with Gasteiger partial charge in [-0.1, -0.05) is 75.0 Å². The summed E-state index contributed by atoms with van der Waals surface area (Å²) in [5.41, 5.74) is 0.418. The van der Waals surface area contributed by atoms with Crippen molar-refractivity contribution < 1.29 is 42.1 Å². The van der Waals surface area contributed by atoms with Gasteiger partial charge in [0.2, 0.25) is 0 Å². The number of hydrogen-bond donors (Lipinski definition) is 0. The molecule has 0 aliphatic carbocycles. The van der Waals surface area contributed by atoms with Gasteiger partial charge in [0.05, 0.1) is 36.4 Å². The van der Waals surface area contributed by atoms with E-state index in [1.165, 1.54) is 0 Å². The number of carbonyl (C=O) groups is 2. The number of hydrogen-bond acceptors (Lipinski definition) is 11. The van der Waals surface area contributed by atoms with E-state index < -0.39 is 35.7 Å². The van der Waals surface area contributed by atoms with Crippen molar-refractivity contribution >= 4 is 43.8 Å². The second kappa shape index (κ2) is 15.7. The topological polar surface area (TPSA) is 98.8 Å². The van der Waals surface area contributed by atoms with E-state index in [4.69, 9.17) is 32.5 Å². The minimum Gasteiger partial charge on any atom is -0.463 e. The average molecular weight is 823 g/mol. The van der Waals surface area contributed by atoms with E-state index in [2.05, 4.69) is 75.0 Å². The summed E-state index contributed by atoms with van der Waals surface area (Å²) in [6, 6.07) is 0. The molecule has 5 fully saturated rings. The quantitative estimate of drug-likeness (QED) is 0.133. The van der Waals surface area contributed by atoms with E-state index >= 15 is 0 Å². The number of fused-ring (bicyclic) bond motifs is 1. The molecule has 6 aliphatic heterocycles. The van der Waals surface area contributed by atoms with Gasteiger partial charge in [-0.3, -0.25) is 9.59 Å². The minimum absolute atomic E-state index is 0.0367. The van der Waals surface area contributed by atoms with Crippen LogP contribution in [-0.4, -0.2) is 91.2 Å². The van der Waals surface area contributed by atoms with Gasteiger partial charge in [0, 0.05) is 35.3 Å². The van der Waals surface area contributed by atoms with Gasteiger partial charge >= 0.3 is 14.5 Å². The first-order valence-corrected chi connectivity index (χ1v) is 24.6. The highest BCUT2D eigenvalue weighted by molar-refractivity contribution is 8.20. The van der Waals surface area contributed by atoms with Crippen molar-refractivity contribution in [2.75, 3.05) is 24.7 Å². The molecule has 0 amide bonds. The van der Waals surface area contributed by atoms with Gasteiger partial charge in [-0.15, -0.1) is 23.5 Å². The van der Waals surface area contributed by atoms with Crippen molar-refractivity contribution in [3.05, 3.63) is 24.3 Å². The lowest BCUT2D eigenvalue weighted by molar-refractivity contribution is -0.358. The van der Waals surface area contributed by atoms with Crippen LogP contribution in [0, 0.1) is 23.2 Å². The first kappa shape index (κ1) is 43.9. The van der Waals surface area contributed by atoms with Crippen LogP contribution in [0.3, 0.4) is 0 Å². The van der Waals surface area contributed by atoms with Crippen molar-refractivity contribution in [2.45, 2.75) is 184 Å². The van der Waals surface area contributed by atoms with Crippen LogP contribution in [0.5, 0.6) is 0 Å². The summed E-state index contributed by atoms with van der Waals surface area (Å²) in [5.74, 6) is 0.382. The smallest absolute Gasteiger partial charge is 0.350 e. The van der Waals surface area contributed by atoms with Crippen LogP contribution in [-0.2, 0) is 42.1 Å². The molecule has 0 bridgehead atoms. The molecule has 6 aliphatic rings. The standard InChI is InChI=1S/C43H70O9S2Si/c1-27(35-28(2)25-47-55(51-35,39(8,9)10)40(11,12)13)22-30(4)43(53-20-15-21-54-43)36(44)34-24-33-32(48-34)23-29(3)42(50-33)19-18-41(52-42)17-14-16-31(49-41)26-46-37(45)38(5,6)7/h14,17,27,29-35H,2,15-16,18-26H2,1,3-13H3/t27-,29-,30+,31-,32-,33-,34+,35-,41-,42+/m0/s1. The zero-order valence-electron chi connectivity index (χ0n) is 35.7. The van der Waals surface area contributed by atoms with Crippen molar-refractivity contribution in [1.29, 1.82) is 0 Å². The molecule has 2 spiro atoms. The van der Waals surface area contributed by atoms with Gasteiger partial charge in [-0.25, -0.2) is 0 Å². The lowest BCUT2D eigenvalue weighted by atomic mass is 9.85. The van der Waals surface area contributed by atoms with Crippen molar-refractivity contribution in [3.8, 4) is 0 Å². The number of esters is 1. The monoisotopic (exact) mass is 822 g/mol. The lowest BCUT2D eigenvalue weighted by Gasteiger charge is -2.54. The Labute approximate surface area is 341 Å². The summed E-state index contributed by atoms with van der Waals surface area (Å²) in [4.78, 5) is 27.4. The molecule has 0 aromatic heterocycles. The molecule has 0 aromatic rings. The first-order chi connectivity index (χ1) is 25.5. The number of thioether (sulfide) groups is 2. The number of carbonyl (C=O) groups excluding carboxylic acids is 2. The zero-order chi connectivity index (χ0) is 40.4. The maximum absolute atomic E-state index is 15.0. The van der Waals surface area contributed by atoms with Gasteiger partial charge in [0.15, 0.2) is 17.4 Å². The van der Waals surface area contributed by atoms with Gasteiger partial charge in [0.1, 0.15) is 16.8 Å². The SMILES string of the molecule is C=C1CO[Si](C(C)(C)C)(C(C)(C)C)O[C@H]1[C@@H](C)C[C@@H](C)C1(C(=O)[C@H]2C[C@@H]3O[C@@]4(CC[C@]5(C=CC[C@@H](COC(=O)C(C)(C)C)O5)O4)[C@@H](C)C[C@@H]3O2)SCCCS1. The Kier molecular flexibility index (Phi) is 12.5. The van der Waals surface area contributed by atoms with Crippen LogP contribution in [0.1, 0.15) is 128 Å². The van der Waals surface area contributed by atoms with Gasteiger partial charge < -0.3 is 32.5 Å². The van der Waals surface area contributed by atoms with Crippen molar-refractivity contribution in [2.24, 2.45) is 23.2 Å². The molecule has 5 saturated heterocycles. The van der Waals surface area contributed by atoms with Crippen LogP contribution < -0.4 is 0 Å². The van der Waals surface area contributed by atoms with Gasteiger partial charge in [0.25, 0.3) is 0 Å². The van der Waals surface area contributed by atoms with Gasteiger partial charge in [-0.2, -0.15) is 0 Å². The van der Waals surface area contributed by atoms with Gasteiger partial charge in [-0.05, 0) is 81.4 Å². The summed E-state index contributed by atoms with van der Waals surface area (Å²) >= 11 is 3.64. The largest absolute Gasteiger partial charge is 0.463 e. The maximum atomic E-state index is 15.0. The van der Waals surface area contributed by atoms with E-state index in [9.17, 15) is 9.59 Å². The highest BCUT2D eigenvalue weighted by atomic mass is 32.2. The van der Waals surface area contributed by atoms with E-state index in [0.29, 0.717) is 32.3 Å². The molecule has 6 rings (SSSR count). The predicted molar refractivity (Wildman–Crippen MR) is 222 cm³/mol. The summed E-state index contributed by atoms with van der Waals surface area (Å²) in [6.45, 7) is 30.9. The molecule has 312 valence electrons. The molecule has 0 unspecified atom stereocenters. The maximum Gasteiger partial charge on any atom is 0.350 e.